The Morgan fingerprint density at radius 2 is 1.93 bits per heavy atom. The predicted octanol–water partition coefficient (Wildman–Crippen LogP) is 2.10. The Morgan fingerprint density at radius 1 is 1.20 bits per heavy atom. The fourth-order valence-corrected chi connectivity index (χ4v) is 2.67. The van der Waals surface area contributed by atoms with Crippen molar-refractivity contribution in [1.29, 1.82) is 0 Å². The van der Waals surface area contributed by atoms with Crippen molar-refractivity contribution in [3.8, 4) is 0 Å². The van der Waals surface area contributed by atoms with Crippen LogP contribution in [0.15, 0.2) is 0 Å². The Hall–Kier alpha value is -0.0800. The Balaban J connectivity index is 1.89. The van der Waals surface area contributed by atoms with Gasteiger partial charge in [-0.15, -0.1) is 0 Å². The molecule has 2 rings (SSSR count). The third-order valence-corrected chi connectivity index (χ3v) is 4.09. The minimum absolute atomic E-state index is 0.696. The highest BCUT2D eigenvalue weighted by Crippen LogP contribution is 2.35. The summed E-state index contributed by atoms with van der Waals surface area (Å²) in [7, 11) is 0. The summed E-state index contributed by atoms with van der Waals surface area (Å²) in [5, 5.41) is 3.61. The lowest BCUT2D eigenvalue weighted by atomic mass is 10.0. The molecular formula is C13H26N2. The molecule has 1 heterocycles. The highest BCUT2D eigenvalue weighted by molar-refractivity contribution is 4.87. The lowest BCUT2D eigenvalue weighted by Gasteiger charge is -2.35. The lowest BCUT2D eigenvalue weighted by Crippen LogP contribution is -2.46. The van der Waals surface area contributed by atoms with Crippen LogP contribution in [0.3, 0.4) is 0 Å². The summed E-state index contributed by atoms with van der Waals surface area (Å²) in [6.07, 6.45) is 4.25. The van der Waals surface area contributed by atoms with Gasteiger partial charge in [-0.1, -0.05) is 6.92 Å². The molecule has 1 aliphatic heterocycles. The van der Waals surface area contributed by atoms with Gasteiger partial charge in [0.15, 0.2) is 0 Å². The maximum Gasteiger partial charge on any atom is 0.00953 e. The molecule has 2 nitrogen and oxygen atoms in total. The molecule has 1 aliphatic carbocycles. The summed E-state index contributed by atoms with van der Waals surface area (Å²) in [4.78, 5) is 2.74. The van der Waals surface area contributed by atoms with Gasteiger partial charge in [0.25, 0.3) is 0 Å². The first kappa shape index (κ1) is 11.4. The zero-order valence-corrected chi connectivity index (χ0v) is 10.5. The van der Waals surface area contributed by atoms with E-state index in [0.29, 0.717) is 6.04 Å². The molecule has 2 aliphatic rings. The van der Waals surface area contributed by atoms with Crippen molar-refractivity contribution in [2.45, 2.75) is 52.1 Å². The van der Waals surface area contributed by atoms with Crippen molar-refractivity contribution < 1.29 is 0 Å². The maximum absolute atomic E-state index is 3.61. The van der Waals surface area contributed by atoms with Crippen LogP contribution in [0, 0.1) is 11.8 Å². The van der Waals surface area contributed by atoms with Crippen LogP contribution >= 0.6 is 0 Å². The molecule has 88 valence electrons. The third kappa shape index (κ3) is 3.18. The fourth-order valence-electron chi connectivity index (χ4n) is 2.67. The van der Waals surface area contributed by atoms with Gasteiger partial charge in [-0.2, -0.15) is 0 Å². The molecule has 0 spiro atoms. The van der Waals surface area contributed by atoms with Crippen LogP contribution in [0.25, 0.3) is 0 Å². The second-order valence-electron chi connectivity index (χ2n) is 5.78. The van der Waals surface area contributed by atoms with E-state index in [9.17, 15) is 0 Å². The molecule has 1 N–H and O–H groups in total. The van der Waals surface area contributed by atoms with E-state index in [2.05, 4.69) is 31.0 Å². The number of hydrogen-bond acceptors (Lipinski definition) is 2. The molecule has 1 saturated heterocycles. The lowest BCUT2D eigenvalue weighted by molar-refractivity contribution is 0.143. The van der Waals surface area contributed by atoms with Crippen molar-refractivity contribution in [2.24, 2.45) is 11.8 Å². The summed E-state index contributed by atoms with van der Waals surface area (Å²) < 4.78 is 0. The Kier molecular flexibility index (Phi) is 3.68. The highest BCUT2D eigenvalue weighted by Gasteiger charge is 2.32. The largest absolute Gasteiger partial charge is 0.314 e. The first-order valence-corrected chi connectivity index (χ1v) is 6.64. The Bertz CT molecular complexity index is 201. The van der Waals surface area contributed by atoms with Crippen molar-refractivity contribution >= 4 is 0 Å². The molecule has 0 aromatic carbocycles. The Labute approximate surface area is 94.4 Å². The fraction of sp³-hybridized carbons (Fsp3) is 1.00. The van der Waals surface area contributed by atoms with Crippen LogP contribution in [0.2, 0.25) is 0 Å². The quantitative estimate of drug-likeness (QED) is 0.751. The number of nitrogens with zero attached hydrogens (tertiary/aromatic N) is 1. The van der Waals surface area contributed by atoms with E-state index in [1.54, 1.807) is 0 Å². The predicted molar refractivity (Wildman–Crippen MR) is 65.0 cm³/mol. The molecule has 0 radical (unpaired) electrons. The van der Waals surface area contributed by atoms with E-state index in [1.165, 1.54) is 38.9 Å². The molecule has 2 heteroatoms. The maximum atomic E-state index is 3.61. The zero-order valence-electron chi connectivity index (χ0n) is 10.5. The second kappa shape index (κ2) is 4.84. The smallest absolute Gasteiger partial charge is 0.00953 e. The number of hydrogen-bond donors (Lipinski definition) is 1. The second-order valence-corrected chi connectivity index (χ2v) is 5.78. The molecule has 2 fully saturated rings. The van der Waals surface area contributed by atoms with Crippen LogP contribution in [0.4, 0.5) is 0 Å². The van der Waals surface area contributed by atoms with Crippen LogP contribution in [0.5, 0.6) is 0 Å². The monoisotopic (exact) mass is 210 g/mol. The first-order valence-electron chi connectivity index (χ1n) is 6.64. The standard InChI is InChI=1S/C13H26N2/c1-10-8-14-11(2)6-7-15(9-10)12(3)13-4-5-13/h10-14H,4-9H2,1-3H3. The van der Waals surface area contributed by atoms with Gasteiger partial charge in [0.1, 0.15) is 0 Å². The van der Waals surface area contributed by atoms with E-state index in [-0.39, 0.29) is 0 Å². The van der Waals surface area contributed by atoms with Gasteiger partial charge in [0, 0.05) is 18.6 Å². The molecule has 0 aromatic heterocycles. The summed E-state index contributed by atoms with van der Waals surface area (Å²) in [6.45, 7) is 10.9. The van der Waals surface area contributed by atoms with Crippen molar-refractivity contribution in [3.63, 3.8) is 0 Å². The SMILES string of the molecule is CC1CNC(C)CCN(C(C)C2CC2)C1. The van der Waals surface area contributed by atoms with Gasteiger partial charge in [-0.05, 0) is 58.0 Å². The summed E-state index contributed by atoms with van der Waals surface area (Å²) >= 11 is 0. The number of rotatable bonds is 2. The van der Waals surface area contributed by atoms with Crippen LogP contribution in [0.1, 0.15) is 40.0 Å². The average Bonchev–Trinajstić information content (AvgIpc) is 3.01. The molecule has 1 saturated carbocycles. The van der Waals surface area contributed by atoms with E-state index in [1.807, 2.05) is 0 Å². The molecular weight excluding hydrogens is 184 g/mol. The summed E-state index contributed by atoms with van der Waals surface area (Å²) in [5.74, 6) is 1.81. The van der Waals surface area contributed by atoms with Gasteiger partial charge < -0.3 is 10.2 Å². The van der Waals surface area contributed by atoms with E-state index < -0.39 is 0 Å². The highest BCUT2D eigenvalue weighted by atomic mass is 15.2. The van der Waals surface area contributed by atoms with E-state index in [4.69, 9.17) is 0 Å². The topological polar surface area (TPSA) is 15.3 Å². The molecule has 0 aromatic rings. The minimum atomic E-state index is 0.696. The van der Waals surface area contributed by atoms with E-state index in [0.717, 1.165) is 17.9 Å². The Morgan fingerprint density at radius 3 is 2.60 bits per heavy atom. The van der Waals surface area contributed by atoms with Gasteiger partial charge in [0.2, 0.25) is 0 Å². The van der Waals surface area contributed by atoms with Crippen molar-refractivity contribution in [2.75, 3.05) is 19.6 Å². The molecule has 0 bridgehead atoms. The van der Waals surface area contributed by atoms with Crippen LogP contribution in [-0.4, -0.2) is 36.6 Å². The van der Waals surface area contributed by atoms with Gasteiger partial charge in [-0.25, -0.2) is 0 Å². The average molecular weight is 210 g/mol. The number of nitrogens with one attached hydrogen (secondary N) is 1. The van der Waals surface area contributed by atoms with Crippen molar-refractivity contribution in [1.82, 2.24) is 10.2 Å². The van der Waals surface area contributed by atoms with E-state index >= 15 is 0 Å². The van der Waals surface area contributed by atoms with Gasteiger partial charge in [-0.3, -0.25) is 0 Å². The third-order valence-electron chi connectivity index (χ3n) is 4.09. The van der Waals surface area contributed by atoms with Crippen LogP contribution in [-0.2, 0) is 0 Å². The summed E-state index contributed by atoms with van der Waals surface area (Å²) in [6, 6.07) is 1.53. The van der Waals surface area contributed by atoms with Crippen molar-refractivity contribution in [3.05, 3.63) is 0 Å². The minimum Gasteiger partial charge on any atom is -0.314 e. The first-order chi connectivity index (χ1) is 7.16. The molecule has 15 heavy (non-hydrogen) atoms. The molecule has 3 unspecified atom stereocenters. The zero-order chi connectivity index (χ0) is 10.8. The molecule has 3 atom stereocenters. The normalized spacial score (nSPS) is 37.0. The van der Waals surface area contributed by atoms with Crippen LogP contribution < -0.4 is 5.32 Å². The summed E-state index contributed by atoms with van der Waals surface area (Å²) in [5.41, 5.74) is 0. The molecule has 0 amide bonds. The van der Waals surface area contributed by atoms with Gasteiger partial charge in [0.05, 0.1) is 0 Å². The van der Waals surface area contributed by atoms with Gasteiger partial charge >= 0.3 is 0 Å².